The third-order valence-electron chi connectivity index (χ3n) is 3.81. The molecule has 0 aliphatic carbocycles. The fraction of sp³-hybridized carbons (Fsp3) is 0.368. The molecule has 0 spiro atoms. The van der Waals surface area contributed by atoms with Crippen LogP contribution in [0.5, 0.6) is 0 Å². The van der Waals surface area contributed by atoms with Crippen molar-refractivity contribution in [1.82, 2.24) is 0 Å². The number of benzene rings is 2. The SMILES string of the molecule is CCCC(O)C(Cc1ccccc1)Cc1ccccc1. The molecule has 1 heteroatoms. The molecule has 1 N–H and O–H groups in total. The van der Waals surface area contributed by atoms with E-state index in [1.54, 1.807) is 0 Å². The molecule has 0 radical (unpaired) electrons. The van der Waals surface area contributed by atoms with Gasteiger partial charge in [-0.2, -0.15) is 0 Å². The molecule has 1 unspecified atom stereocenters. The van der Waals surface area contributed by atoms with Gasteiger partial charge in [-0.3, -0.25) is 0 Å². The second-order valence-electron chi connectivity index (χ2n) is 5.50. The Bertz CT molecular complexity index is 436. The number of hydrogen-bond donors (Lipinski definition) is 1. The van der Waals surface area contributed by atoms with E-state index in [0.717, 1.165) is 25.7 Å². The minimum absolute atomic E-state index is 0.222. The summed E-state index contributed by atoms with van der Waals surface area (Å²) in [6.45, 7) is 2.13. The molecule has 0 saturated carbocycles. The first-order chi connectivity index (χ1) is 9.79. The predicted molar refractivity (Wildman–Crippen MR) is 84.7 cm³/mol. The second-order valence-corrected chi connectivity index (χ2v) is 5.50. The predicted octanol–water partition coefficient (Wildman–Crippen LogP) is 4.25. The molecule has 106 valence electrons. The average molecular weight is 268 g/mol. The van der Waals surface area contributed by atoms with E-state index >= 15 is 0 Å². The van der Waals surface area contributed by atoms with Gasteiger partial charge in [-0.25, -0.2) is 0 Å². The van der Waals surface area contributed by atoms with Crippen LogP contribution in [0.4, 0.5) is 0 Å². The van der Waals surface area contributed by atoms with Gasteiger partial charge in [0, 0.05) is 0 Å². The van der Waals surface area contributed by atoms with Gasteiger partial charge >= 0.3 is 0 Å². The highest BCUT2D eigenvalue weighted by molar-refractivity contribution is 5.19. The van der Waals surface area contributed by atoms with Crippen LogP contribution in [0.1, 0.15) is 30.9 Å². The van der Waals surface area contributed by atoms with Gasteiger partial charge in [0.25, 0.3) is 0 Å². The van der Waals surface area contributed by atoms with E-state index in [9.17, 15) is 5.11 Å². The summed E-state index contributed by atoms with van der Waals surface area (Å²) in [4.78, 5) is 0. The zero-order chi connectivity index (χ0) is 14.2. The second kappa shape index (κ2) is 7.86. The third-order valence-corrected chi connectivity index (χ3v) is 3.81. The summed E-state index contributed by atoms with van der Waals surface area (Å²) in [5.41, 5.74) is 2.62. The summed E-state index contributed by atoms with van der Waals surface area (Å²) < 4.78 is 0. The van der Waals surface area contributed by atoms with Crippen LogP contribution < -0.4 is 0 Å². The van der Waals surface area contributed by atoms with Gasteiger partial charge in [0.15, 0.2) is 0 Å². The van der Waals surface area contributed by atoms with Crippen molar-refractivity contribution in [3.63, 3.8) is 0 Å². The Morgan fingerprint density at radius 2 is 1.25 bits per heavy atom. The van der Waals surface area contributed by atoms with Crippen LogP contribution in [-0.2, 0) is 12.8 Å². The Morgan fingerprint density at radius 1 is 0.800 bits per heavy atom. The summed E-state index contributed by atoms with van der Waals surface area (Å²) >= 11 is 0. The molecule has 0 amide bonds. The van der Waals surface area contributed by atoms with Crippen LogP contribution in [0, 0.1) is 5.92 Å². The van der Waals surface area contributed by atoms with Crippen molar-refractivity contribution < 1.29 is 5.11 Å². The highest BCUT2D eigenvalue weighted by Crippen LogP contribution is 2.21. The van der Waals surface area contributed by atoms with E-state index in [2.05, 4.69) is 55.5 Å². The van der Waals surface area contributed by atoms with Gasteiger partial charge in [-0.15, -0.1) is 0 Å². The van der Waals surface area contributed by atoms with Crippen LogP contribution in [0.15, 0.2) is 60.7 Å². The van der Waals surface area contributed by atoms with Gasteiger partial charge in [0.1, 0.15) is 0 Å². The molecule has 0 fully saturated rings. The summed E-state index contributed by atoms with van der Waals surface area (Å²) in [5.74, 6) is 0.291. The zero-order valence-electron chi connectivity index (χ0n) is 12.2. The molecular formula is C19H24O. The van der Waals surface area contributed by atoms with Crippen LogP contribution in [0.3, 0.4) is 0 Å². The molecule has 0 saturated heterocycles. The Kier molecular flexibility index (Phi) is 5.82. The molecule has 0 aliphatic heterocycles. The number of hydrogen-bond acceptors (Lipinski definition) is 1. The summed E-state index contributed by atoms with van der Waals surface area (Å²) in [5, 5.41) is 10.4. The normalized spacial score (nSPS) is 12.6. The van der Waals surface area contributed by atoms with Gasteiger partial charge in [0.05, 0.1) is 6.10 Å². The number of aliphatic hydroxyl groups is 1. The first-order valence-electron chi connectivity index (χ1n) is 7.55. The molecule has 0 aliphatic rings. The maximum absolute atomic E-state index is 10.4. The average Bonchev–Trinajstić information content (AvgIpc) is 2.49. The smallest absolute Gasteiger partial charge is 0.0574 e. The van der Waals surface area contributed by atoms with E-state index in [1.165, 1.54) is 11.1 Å². The van der Waals surface area contributed by atoms with E-state index in [4.69, 9.17) is 0 Å². The largest absolute Gasteiger partial charge is 0.393 e. The molecule has 2 rings (SSSR count). The lowest BCUT2D eigenvalue weighted by Crippen LogP contribution is -2.24. The van der Waals surface area contributed by atoms with Crippen molar-refractivity contribution in [1.29, 1.82) is 0 Å². The van der Waals surface area contributed by atoms with E-state index < -0.39 is 0 Å². The molecule has 0 aromatic heterocycles. The number of rotatable bonds is 7. The van der Waals surface area contributed by atoms with Crippen molar-refractivity contribution in [2.75, 3.05) is 0 Å². The van der Waals surface area contributed by atoms with Gasteiger partial charge < -0.3 is 5.11 Å². The third kappa shape index (κ3) is 4.50. The number of aliphatic hydroxyl groups excluding tert-OH is 1. The van der Waals surface area contributed by atoms with Crippen molar-refractivity contribution in [3.05, 3.63) is 71.8 Å². The summed E-state index contributed by atoms with van der Waals surface area (Å²) in [6.07, 6.45) is 3.57. The standard InChI is InChI=1S/C19H24O/c1-2-9-19(20)18(14-16-10-5-3-6-11-16)15-17-12-7-4-8-13-17/h3-8,10-13,18-20H,2,9,14-15H2,1H3. The van der Waals surface area contributed by atoms with Crippen molar-refractivity contribution >= 4 is 0 Å². The van der Waals surface area contributed by atoms with Crippen LogP contribution in [0.2, 0.25) is 0 Å². The molecule has 1 nitrogen and oxygen atoms in total. The maximum atomic E-state index is 10.4. The molecule has 2 aromatic rings. The quantitative estimate of drug-likeness (QED) is 0.796. The van der Waals surface area contributed by atoms with Crippen LogP contribution in [-0.4, -0.2) is 11.2 Å². The van der Waals surface area contributed by atoms with Gasteiger partial charge in [0.2, 0.25) is 0 Å². The lowest BCUT2D eigenvalue weighted by atomic mass is 9.86. The highest BCUT2D eigenvalue weighted by atomic mass is 16.3. The molecule has 1 atom stereocenters. The van der Waals surface area contributed by atoms with Gasteiger partial charge in [-0.1, -0.05) is 74.0 Å². The first kappa shape index (κ1) is 14.8. The van der Waals surface area contributed by atoms with Crippen molar-refractivity contribution in [2.24, 2.45) is 5.92 Å². The Morgan fingerprint density at radius 3 is 1.65 bits per heavy atom. The van der Waals surface area contributed by atoms with E-state index in [-0.39, 0.29) is 6.10 Å². The monoisotopic (exact) mass is 268 g/mol. The summed E-state index contributed by atoms with van der Waals surface area (Å²) in [7, 11) is 0. The molecule has 20 heavy (non-hydrogen) atoms. The molecular weight excluding hydrogens is 244 g/mol. The molecule has 2 aromatic carbocycles. The topological polar surface area (TPSA) is 20.2 Å². The van der Waals surface area contributed by atoms with Crippen LogP contribution in [0.25, 0.3) is 0 Å². The molecule has 0 bridgehead atoms. The minimum Gasteiger partial charge on any atom is -0.393 e. The Hall–Kier alpha value is -1.60. The van der Waals surface area contributed by atoms with E-state index in [0.29, 0.717) is 5.92 Å². The minimum atomic E-state index is -0.222. The maximum Gasteiger partial charge on any atom is 0.0574 e. The summed E-state index contributed by atoms with van der Waals surface area (Å²) in [6, 6.07) is 21.0. The fourth-order valence-corrected chi connectivity index (χ4v) is 2.71. The van der Waals surface area contributed by atoms with Crippen molar-refractivity contribution in [3.8, 4) is 0 Å². The lowest BCUT2D eigenvalue weighted by Gasteiger charge is -2.23. The van der Waals surface area contributed by atoms with Gasteiger partial charge in [-0.05, 0) is 36.3 Å². The Labute approximate surface area is 122 Å². The van der Waals surface area contributed by atoms with Crippen molar-refractivity contribution in [2.45, 2.75) is 38.7 Å². The lowest BCUT2D eigenvalue weighted by molar-refractivity contribution is 0.0976. The highest BCUT2D eigenvalue weighted by Gasteiger charge is 2.19. The molecule has 0 heterocycles. The first-order valence-corrected chi connectivity index (χ1v) is 7.55. The zero-order valence-corrected chi connectivity index (χ0v) is 12.2. The fourth-order valence-electron chi connectivity index (χ4n) is 2.71. The van der Waals surface area contributed by atoms with Crippen LogP contribution >= 0.6 is 0 Å². The van der Waals surface area contributed by atoms with E-state index in [1.807, 2.05) is 12.1 Å². The Balaban J connectivity index is 2.08.